The Labute approximate surface area is 114 Å². The number of hydrogen-bond acceptors (Lipinski definition) is 2. The molecule has 1 amide bonds. The first-order valence-electron chi connectivity index (χ1n) is 6.63. The van der Waals surface area contributed by atoms with Crippen LogP contribution in [0.1, 0.15) is 24.5 Å². The molecule has 1 aliphatic rings. The molecule has 1 aromatic carbocycles. The largest absolute Gasteiger partial charge is 0.369 e. The van der Waals surface area contributed by atoms with E-state index < -0.39 is 0 Å². The molecule has 2 rings (SSSR count). The van der Waals surface area contributed by atoms with Crippen molar-refractivity contribution in [2.75, 3.05) is 13.1 Å². The maximum absolute atomic E-state index is 11.6. The van der Waals surface area contributed by atoms with Gasteiger partial charge in [-0.25, -0.2) is 0 Å². The molecule has 3 nitrogen and oxygen atoms in total. The van der Waals surface area contributed by atoms with Crippen molar-refractivity contribution >= 4 is 5.91 Å². The summed E-state index contributed by atoms with van der Waals surface area (Å²) in [6, 6.07) is 8.34. The molecule has 102 valence electrons. The molecule has 19 heavy (non-hydrogen) atoms. The first-order chi connectivity index (χ1) is 9.02. The molecule has 1 unspecified atom stereocenters. The molecule has 0 bridgehead atoms. The zero-order valence-corrected chi connectivity index (χ0v) is 11.7. The third-order valence-electron chi connectivity index (χ3n) is 3.63. The number of likely N-dealkylation sites (tertiary alicyclic amines) is 1. The molecule has 0 radical (unpaired) electrons. The maximum Gasteiger partial charge on any atom is 0.246 e. The van der Waals surface area contributed by atoms with E-state index in [1.54, 1.807) is 4.90 Å². The SMILES string of the molecule is C=CC(=O)N1CCC(C)(OCc2ccc(C)cc2)C1. The van der Waals surface area contributed by atoms with Crippen molar-refractivity contribution in [1.29, 1.82) is 0 Å². The lowest BCUT2D eigenvalue weighted by molar-refractivity contribution is -0.126. The number of aryl methyl sites for hydroxylation is 1. The van der Waals surface area contributed by atoms with Crippen molar-refractivity contribution < 1.29 is 9.53 Å². The highest BCUT2D eigenvalue weighted by atomic mass is 16.5. The zero-order chi connectivity index (χ0) is 13.9. The summed E-state index contributed by atoms with van der Waals surface area (Å²) < 4.78 is 6.01. The lowest BCUT2D eigenvalue weighted by Gasteiger charge is -2.25. The Morgan fingerprint density at radius 2 is 2.16 bits per heavy atom. The molecule has 0 aromatic heterocycles. The van der Waals surface area contributed by atoms with E-state index in [4.69, 9.17) is 4.74 Å². The number of rotatable bonds is 4. The van der Waals surface area contributed by atoms with Gasteiger partial charge in [0.1, 0.15) is 0 Å². The molecule has 0 N–H and O–H groups in total. The summed E-state index contributed by atoms with van der Waals surface area (Å²) in [6.45, 7) is 9.64. The molecule has 0 spiro atoms. The van der Waals surface area contributed by atoms with E-state index in [2.05, 4.69) is 44.7 Å². The number of hydrogen-bond donors (Lipinski definition) is 0. The Morgan fingerprint density at radius 3 is 2.79 bits per heavy atom. The van der Waals surface area contributed by atoms with E-state index in [1.807, 2.05) is 0 Å². The highest BCUT2D eigenvalue weighted by molar-refractivity contribution is 5.87. The number of carbonyl (C=O) groups is 1. The zero-order valence-electron chi connectivity index (χ0n) is 11.7. The number of carbonyl (C=O) groups excluding carboxylic acids is 1. The molecule has 0 saturated carbocycles. The van der Waals surface area contributed by atoms with Gasteiger partial charge in [-0.15, -0.1) is 0 Å². The summed E-state index contributed by atoms with van der Waals surface area (Å²) in [5, 5.41) is 0. The second kappa shape index (κ2) is 5.57. The molecule has 1 saturated heterocycles. The van der Waals surface area contributed by atoms with Crippen LogP contribution in [-0.4, -0.2) is 29.5 Å². The summed E-state index contributed by atoms with van der Waals surface area (Å²) in [5.74, 6) is -0.0114. The van der Waals surface area contributed by atoms with Crippen LogP contribution in [0.25, 0.3) is 0 Å². The van der Waals surface area contributed by atoms with Crippen LogP contribution < -0.4 is 0 Å². The van der Waals surface area contributed by atoms with Gasteiger partial charge in [-0.05, 0) is 31.9 Å². The molecular formula is C16H21NO2. The van der Waals surface area contributed by atoms with Crippen LogP contribution in [0.15, 0.2) is 36.9 Å². The van der Waals surface area contributed by atoms with Gasteiger partial charge in [0.05, 0.1) is 12.2 Å². The van der Waals surface area contributed by atoms with Crippen molar-refractivity contribution in [3.63, 3.8) is 0 Å². The van der Waals surface area contributed by atoms with E-state index in [1.165, 1.54) is 17.2 Å². The predicted molar refractivity (Wildman–Crippen MR) is 75.8 cm³/mol. The third kappa shape index (κ3) is 3.44. The maximum atomic E-state index is 11.6. The molecule has 0 aliphatic carbocycles. The van der Waals surface area contributed by atoms with E-state index in [0.717, 1.165) is 13.0 Å². The second-order valence-corrected chi connectivity index (χ2v) is 5.44. The topological polar surface area (TPSA) is 29.5 Å². The van der Waals surface area contributed by atoms with Crippen molar-refractivity contribution in [2.24, 2.45) is 0 Å². The van der Waals surface area contributed by atoms with Crippen LogP contribution in [0.2, 0.25) is 0 Å². The van der Waals surface area contributed by atoms with E-state index in [0.29, 0.717) is 13.2 Å². The van der Waals surface area contributed by atoms with Crippen LogP contribution in [0, 0.1) is 6.92 Å². The Hall–Kier alpha value is -1.61. The van der Waals surface area contributed by atoms with Gasteiger partial charge in [0.15, 0.2) is 0 Å². The van der Waals surface area contributed by atoms with E-state index in [9.17, 15) is 4.79 Å². The van der Waals surface area contributed by atoms with Crippen LogP contribution in [0.3, 0.4) is 0 Å². The summed E-state index contributed by atoms with van der Waals surface area (Å²) in [6.07, 6.45) is 2.24. The lowest BCUT2D eigenvalue weighted by Crippen LogP contribution is -2.35. The summed E-state index contributed by atoms with van der Waals surface area (Å²) in [7, 11) is 0. The van der Waals surface area contributed by atoms with Crippen molar-refractivity contribution in [1.82, 2.24) is 4.90 Å². The van der Waals surface area contributed by atoms with Gasteiger partial charge >= 0.3 is 0 Å². The molecule has 1 atom stereocenters. The third-order valence-corrected chi connectivity index (χ3v) is 3.63. The molecular weight excluding hydrogens is 238 g/mol. The Kier molecular flexibility index (Phi) is 4.05. The second-order valence-electron chi connectivity index (χ2n) is 5.44. The van der Waals surface area contributed by atoms with Gasteiger partial charge in [0, 0.05) is 13.1 Å². The highest BCUT2D eigenvalue weighted by Crippen LogP contribution is 2.26. The fourth-order valence-corrected chi connectivity index (χ4v) is 2.31. The van der Waals surface area contributed by atoms with Gasteiger partial charge in [0.2, 0.25) is 5.91 Å². The minimum Gasteiger partial charge on any atom is -0.369 e. The van der Waals surface area contributed by atoms with Crippen LogP contribution in [0.4, 0.5) is 0 Å². The monoisotopic (exact) mass is 259 g/mol. The smallest absolute Gasteiger partial charge is 0.246 e. The van der Waals surface area contributed by atoms with E-state index >= 15 is 0 Å². The predicted octanol–water partition coefficient (Wildman–Crippen LogP) is 2.69. The average molecular weight is 259 g/mol. The fraction of sp³-hybridized carbons (Fsp3) is 0.438. The van der Waals surface area contributed by atoms with Crippen LogP contribution in [0.5, 0.6) is 0 Å². The van der Waals surface area contributed by atoms with Crippen molar-refractivity contribution in [3.05, 3.63) is 48.0 Å². The van der Waals surface area contributed by atoms with Gasteiger partial charge in [-0.3, -0.25) is 4.79 Å². The molecule has 3 heteroatoms. The minimum absolute atomic E-state index is 0.0114. The first kappa shape index (κ1) is 13.8. The van der Waals surface area contributed by atoms with Crippen LogP contribution in [-0.2, 0) is 16.1 Å². The van der Waals surface area contributed by atoms with Gasteiger partial charge in [-0.2, -0.15) is 0 Å². The highest BCUT2D eigenvalue weighted by Gasteiger charge is 2.36. The number of nitrogens with zero attached hydrogens (tertiary/aromatic N) is 1. The lowest BCUT2D eigenvalue weighted by atomic mass is 10.1. The number of amides is 1. The molecule has 1 fully saturated rings. The average Bonchev–Trinajstić information content (AvgIpc) is 2.80. The van der Waals surface area contributed by atoms with Gasteiger partial charge in [-0.1, -0.05) is 36.4 Å². The van der Waals surface area contributed by atoms with Crippen molar-refractivity contribution in [3.8, 4) is 0 Å². The Morgan fingerprint density at radius 1 is 1.47 bits per heavy atom. The summed E-state index contributed by atoms with van der Waals surface area (Å²) in [4.78, 5) is 13.4. The summed E-state index contributed by atoms with van der Waals surface area (Å²) >= 11 is 0. The first-order valence-corrected chi connectivity index (χ1v) is 6.63. The summed E-state index contributed by atoms with van der Waals surface area (Å²) in [5.41, 5.74) is 2.17. The normalized spacial score (nSPS) is 22.5. The number of ether oxygens (including phenoxy) is 1. The van der Waals surface area contributed by atoms with Gasteiger partial charge < -0.3 is 9.64 Å². The Balaban J connectivity index is 1.90. The van der Waals surface area contributed by atoms with E-state index in [-0.39, 0.29) is 11.5 Å². The van der Waals surface area contributed by atoms with Crippen LogP contribution >= 0.6 is 0 Å². The Bertz CT molecular complexity index is 466. The van der Waals surface area contributed by atoms with Gasteiger partial charge in [0.25, 0.3) is 0 Å². The number of benzene rings is 1. The quantitative estimate of drug-likeness (QED) is 0.778. The molecule has 1 heterocycles. The molecule has 1 aliphatic heterocycles. The van der Waals surface area contributed by atoms with Crippen molar-refractivity contribution in [2.45, 2.75) is 32.5 Å². The minimum atomic E-state index is -0.246. The molecule has 1 aromatic rings. The fourth-order valence-electron chi connectivity index (χ4n) is 2.31. The standard InChI is InChI=1S/C16H21NO2/c1-4-15(18)17-10-9-16(3,12-17)19-11-14-7-5-13(2)6-8-14/h4-8H,1,9-12H2,2-3H3.